The number of hydrogen-bond acceptors (Lipinski definition) is 11. The summed E-state index contributed by atoms with van der Waals surface area (Å²) in [6.07, 6.45) is -4.61. The molecule has 0 aromatic heterocycles. The van der Waals surface area contributed by atoms with Crippen molar-refractivity contribution in [2.75, 3.05) is 11.5 Å². The van der Waals surface area contributed by atoms with Gasteiger partial charge in [0, 0.05) is 45.6 Å². The second-order valence-corrected chi connectivity index (χ2v) is 12.0. The Kier molecular flexibility index (Phi) is 10.1. The molecule has 3 aromatic rings. The van der Waals surface area contributed by atoms with Crippen molar-refractivity contribution in [2.24, 2.45) is 0 Å². The molecule has 45 heavy (non-hydrogen) atoms. The summed E-state index contributed by atoms with van der Waals surface area (Å²) < 4.78 is 28.7. The van der Waals surface area contributed by atoms with E-state index in [9.17, 15) is 19.2 Å². The third-order valence-corrected chi connectivity index (χ3v) is 8.85. The van der Waals surface area contributed by atoms with Crippen LogP contribution in [0.25, 0.3) is 0 Å². The predicted molar refractivity (Wildman–Crippen MR) is 167 cm³/mol. The zero-order chi connectivity index (χ0) is 32.1. The third-order valence-electron chi connectivity index (χ3n) is 7.42. The van der Waals surface area contributed by atoms with Gasteiger partial charge in [-0.25, -0.2) is 0 Å². The van der Waals surface area contributed by atoms with Crippen molar-refractivity contribution in [3.05, 3.63) is 95.6 Å². The van der Waals surface area contributed by atoms with Crippen molar-refractivity contribution in [3.63, 3.8) is 0 Å². The molecule has 11 heteroatoms. The van der Waals surface area contributed by atoms with Gasteiger partial charge in [0.2, 0.25) is 0 Å². The third kappa shape index (κ3) is 7.49. The number of fused-ring (bicyclic) bond motifs is 2. The maximum Gasteiger partial charge on any atom is 0.303 e. The molecular formula is C34H35NO9S. The van der Waals surface area contributed by atoms with E-state index in [4.69, 9.17) is 23.7 Å². The molecule has 2 aliphatic heterocycles. The molecule has 2 heterocycles. The second kappa shape index (κ2) is 14.2. The monoisotopic (exact) mass is 633 g/mol. The van der Waals surface area contributed by atoms with E-state index in [0.29, 0.717) is 6.54 Å². The SMILES string of the molecule is CC(=O)OC[C@H]1O[C@@H](SC2c3ccccc3N(Cc3ccccc3)c3ccccc32)[C@H](OC(C)=O)[C@@H](OC(C)=O)[C@@H]1OC(C)=O. The molecule has 0 saturated carbocycles. The number of carbonyl (C=O) groups is 4. The first kappa shape index (κ1) is 32.1. The van der Waals surface area contributed by atoms with E-state index in [2.05, 4.69) is 29.2 Å². The zero-order valence-corrected chi connectivity index (χ0v) is 26.2. The first-order valence-corrected chi connectivity index (χ1v) is 15.5. The molecule has 236 valence electrons. The summed E-state index contributed by atoms with van der Waals surface area (Å²) in [6.45, 7) is 5.27. The van der Waals surface area contributed by atoms with Gasteiger partial charge in [0.05, 0.1) is 5.25 Å². The highest BCUT2D eigenvalue weighted by Crippen LogP contribution is 2.53. The summed E-state index contributed by atoms with van der Waals surface area (Å²) in [5.74, 6) is -2.54. The second-order valence-electron chi connectivity index (χ2n) is 10.8. The number of para-hydroxylation sites is 2. The number of anilines is 2. The fourth-order valence-corrected chi connectivity index (χ4v) is 7.25. The van der Waals surface area contributed by atoms with E-state index >= 15 is 0 Å². The van der Waals surface area contributed by atoms with Gasteiger partial charge in [0.15, 0.2) is 18.3 Å². The summed E-state index contributed by atoms with van der Waals surface area (Å²) in [6, 6.07) is 26.3. The normalized spacial score (nSPS) is 22.4. The first-order valence-electron chi connectivity index (χ1n) is 14.6. The smallest absolute Gasteiger partial charge is 0.303 e. The van der Waals surface area contributed by atoms with Gasteiger partial charge in [-0.1, -0.05) is 66.7 Å². The molecule has 0 radical (unpaired) electrons. The van der Waals surface area contributed by atoms with Crippen molar-refractivity contribution in [1.29, 1.82) is 0 Å². The maximum atomic E-state index is 12.4. The molecule has 0 bridgehead atoms. The van der Waals surface area contributed by atoms with Crippen molar-refractivity contribution < 1.29 is 42.9 Å². The minimum absolute atomic E-state index is 0.280. The van der Waals surface area contributed by atoms with Gasteiger partial charge in [0.1, 0.15) is 18.1 Å². The molecule has 0 aliphatic carbocycles. The van der Waals surface area contributed by atoms with E-state index < -0.39 is 53.7 Å². The molecular weight excluding hydrogens is 598 g/mol. The molecule has 0 spiro atoms. The average Bonchev–Trinajstić information content (AvgIpc) is 3.00. The molecule has 0 N–H and O–H groups in total. The van der Waals surface area contributed by atoms with Crippen LogP contribution in [-0.4, -0.2) is 60.3 Å². The van der Waals surface area contributed by atoms with Gasteiger partial charge in [-0.05, 0) is 28.8 Å². The number of rotatable bonds is 9. The van der Waals surface area contributed by atoms with E-state index in [1.54, 1.807) is 0 Å². The van der Waals surface area contributed by atoms with Crippen molar-refractivity contribution in [3.8, 4) is 0 Å². The van der Waals surface area contributed by atoms with Gasteiger partial charge in [0.25, 0.3) is 0 Å². The van der Waals surface area contributed by atoms with Crippen molar-refractivity contribution in [2.45, 2.75) is 69.3 Å². The number of carbonyl (C=O) groups excluding carboxylic acids is 4. The Morgan fingerprint density at radius 1 is 0.667 bits per heavy atom. The van der Waals surface area contributed by atoms with Crippen molar-refractivity contribution in [1.82, 2.24) is 0 Å². The summed E-state index contributed by atoms with van der Waals surface area (Å²) in [5.41, 5.74) is 4.24. The molecule has 0 amide bonds. The van der Waals surface area contributed by atoms with Gasteiger partial charge in [-0.15, -0.1) is 11.8 Å². The highest BCUT2D eigenvalue weighted by molar-refractivity contribution is 8.00. The van der Waals surface area contributed by atoms with E-state index in [1.165, 1.54) is 39.5 Å². The fourth-order valence-electron chi connectivity index (χ4n) is 5.72. The Morgan fingerprint density at radius 3 is 1.73 bits per heavy atom. The highest BCUT2D eigenvalue weighted by Gasteiger charge is 2.53. The lowest BCUT2D eigenvalue weighted by Gasteiger charge is -2.46. The Balaban J connectivity index is 1.57. The van der Waals surface area contributed by atoms with E-state index in [-0.39, 0.29) is 11.9 Å². The number of benzene rings is 3. The van der Waals surface area contributed by atoms with E-state index in [1.807, 2.05) is 54.6 Å². The lowest BCUT2D eigenvalue weighted by Crippen LogP contribution is -2.61. The minimum Gasteiger partial charge on any atom is -0.463 e. The number of nitrogens with zero attached hydrogens (tertiary/aromatic N) is 1. The summed E-state index contributed by atoms with van der Waals surface area (Å²) in [7, 11) is 0. The van der Waals surface area contributed by atoms with Crippen LogP contribution in [0, 0.1) is 0 Å². The quantitative estimate of drug-likeness (QED) is 0.227. The number of esters is 4. The summed E-state index contributed by atoms with van der Waals surface area (Å²) in [4.78, 5) is 50.9. The van der Waals surface area contributed by atoms with Crippen LogP contribution in [0.3, 0.4) is 0 Å². The average molecular weight is 634 g/mol. The van der Waals surface area contributed by atoms with Gasteiger partial charge in [-0.3, -0.25) is 19.2 Å². The predicted octanol–water partition coefficient (Wildman–Crippen LogP) is 5.24. The molecule has 2 aliphatic rings. The first-order chi connectivity index (χ1) is 21.6. The standard InChI is InChI=1S/C34H35NO9S/c1-20(36)40-19-29-30(41-21(2)37)31(42-22(3)38)32(43-23(4)39)34(44-29)45-33-25-14-8-10-16-27(25)35(18-24-12-6-5-7-13-24)28-17-11-9-15-26(28)33/h5-17,29-34H,18-19H2,1-4H3/t29-,30-,31+,32-,34+/m1/s1. The minimum atomic E-state index is -1.23. The Hall–Kier alpha value is -4.35. The molecule has 3 aromatic carbocycles. The van der Waals surface area contributed by atoms with Crippen LogP contribution in [0.2, 0.25) is 0 Å². The van der Waals surface area contributed by atoms with Crippen LogP contribution < -0.4 is 4.90 Å². The van der Waals surface area contributed by atoms with Crippen LogP contribution in [0.1, 0.15) is 49.6 Å². The fraction of sp³-hybridized carbons (Fsp3) is 0.353. The molecule has 10 nitrogen and oxygen atoms in total. The lowest BCUT2D eigenvalue weighted by molar-refractivity contribution is -0.237. The summed E-state index contributed by atoms with van der Waals surface area (Å²) in [5, 5.41) is -0.301. The number of thioether (sulfide) groups is 1. The topological polar surface area (TPSA) is 118 Å². The van der Waals surface area contributed by atoms with Gasteiger partial charge in [-0.2, -0.15) is 0 Å². The Bertz CT molecular complexity index is 1500. The highest BCUT2D eigenvalue weighted by atomic mass is 32.2. The van der Waals surface area contributed by atoms with Gasteiger partial charge >= 0.3 is 23.9 Å². The van der Waals surface area contributed by atoms with Crippen LogP contribution >= 0.6 is 11.8 Å². The van der Waals surface area contributed by atoms with Crippen molar-refractivity contribution >= 4 is 47.0 Å². The number of hydrogen-bond donors (Lipinski definition) is 0. The largest absolute Gasteiger partial charge is 0.463 e. The van der Waals surface area contributed by atoms with Crippen LogP contribution in [0.4, 0.5) is 11.4 Å². The molecule has 5 rings (SSSR count). The maximum absolute atomic E-state index is 12.4. The van der Waals surface area contributed by atoms with Crippen LogP contribution in [-0.2, 0) is 49.4 Å². The molecule has 1 fully saturated rings. The molecule has 1 saturated heterocycles. The van der Waals surface area contributed by atoms with E-state index in [0.717, 1.165) is 28.1 Å². The van der Waals surface area contributed by atoms with Crippen LogP contribution in [0.5, 0.6) is 0 Å². The Morgan fingerprint density at radius 2 is 1.18 bits per heavy atom. The van der Waals surface area contributed by atoms with Crippen LogP contribution in [0.15, 0.2) is 78.9 Å². The molecule has 5 atom stereocenters. The Labute approximate surface area is 265 Å². The zero-order valence-electron chi connectivity index (χ0n) is 25.4. The lowest BCUT2D eigenvalue weighted by atomic mass is 9.94. The molecule has 0 unspecified atom stereocenters. The number of ether oxygens (including phenoxy) is 5. The summed E-state index contributed by atoms with van der Waals surface area (Å²) >= 11 is 1.38. The van der Waals surface area contributed by atoms with Gasteiger partial charge < -0.3 is 28.6 Å².